The first-order valence-electron chi connectivity index (χ1n) is 4.96. The standard InChI is InChI=1S/C13H14O/c14-13-9-5-4-8-12(13)10-11-6-2-1-3-7-11/h1-6,8-9,11,14H,7,10H2. The third kappa shape index (κ3) is 2.05. The van der Waals surface area contributed by atoms with Crippen molar-refractivity contribution in [3.05, 3.63) is 54.1 Å². The lowest BCUT2D eigenvalue weighted by Gasteiger charge is -2.13. The summed E-state index contributed by atoms with van der Waals surface area (Å²) in [5, 5.41) is 9.60. The number of aromatic hydroxyl groups is 1. The largest absolute Gasteiger partial charge is 0.508 e. The molecule has 0 fully saturated rings. The molecule has 0 saturated carbocycles. The smallest absolute Gasteiger partial charge is 0.118 e. The van der Waals surface area contributed by atoms with Crippen molar-refractivity contribution < 1.29 is 5.11 Å². The van der Waals surface area contributed by atoms with Crippen molar-refractivity contribution in [3.63, 3.8) is 0 Å². The monoisotopic (exact) mass is 186 g/mol. The highest BCUT2D eigenvalue weighted by Crippen LogP contribution is 2.23. The van der Waals surface area contributed by atoms with Crippen molar-refractivity contribution in [3.8, 4) is 5.75 Å². The lowest BCUT2D eigenvalue weighted by Crippen LogP contribution is -2.02. The second kappa shape index (κ2) is 4.14. The van der Waals surface area contributed by atoms with Gasteiger partial charge in [0.1, 0.15) is 5.75 Å². The van der Waals surface area contributed by atoms with Crippen LogP contribution in [-0.2, 0) is 6.42 Å². The number of phenols is 1. The van der Waals surface area contributed by atoms with E-state index in [9.17, 15) is 5.11 Å². The zero-order valence-corrected chi connectivity index (χ0v) is 8.06. The molecule has 1 aromatic rings. The van der Waals surface area contributed by atoms with Crippen LogP contribution < -0.4 is 0 Å². The van der Waals surface area contributed by atoms with Crippen LogP contribution in [0.1, 0.15) is 12.0 Å². The molecule has 1 heteroatoms. The van der Waals surface area contributed by atoms with E-state index in [4.69, 9.17) is 0 Å². The van der Waals surface area contributed by atoms with E-state index in [1.165, 1.54) is 0 Å². The van der Waals surface area contributed by atoms with Crippen LogP contribution >= 0.6 is 0 Å². The summed E-state index contributed by atoms with van der Waals surface area (Å²) in [5.74, 6) is 0.948. The summed E-state index contributed by atoms with van der Waals surface area (Å²) >= 11 is 0. The van der Waals surface area contributed by atoms with Crippen LogP contribution in [-0.4, -0.2) is 5.11 Å². The molecule has 0 aliphatic heterocycles. The SMILES string of the molecule is Oc1ccccc1CC1C=CC=CC1. The molecule has 0 saturated heterocycles. The van der Waals surface area contributed by atoms with Gasteiger partial charge in [0.05, 0.1) is 0 Å². The maximum Gasteiger partial charge on any atom is 0.118 e. The van der Waals surface area contributed by atoms with E-state index in [-0.39, 0.29) is 0 Å². The first-order valence-corrected chi connectivity index (χ1v) is 4.96. The molecule has 1 aliphatic rings. The van der Waals surface area contributed by atoms with Gasteiger partial charge in [0.15, 0.2) is 0 Å². The molecule has 1 unspecified atom stereocenters. The van der Waals surface area contributed by atoms with Gasteiger partial charge in [0.2, 0.25) is 0 Å². The Morgan fingerprint density at radius 3 is 2.79 bits per heavy atom. The molecular weight excluding hydrogens is 172 g/mol. The number of hydrogen-bond donors (Lipinski definition) is 1. The molecular formula is C13H14O. The van der Waals surface area contributed by atoms with E-state index in [1.54, 1.807) is 6.07 Å². The van der Waals surface area contributed by atoms with Crippen molar-refractivity contribution in [1.82, 2.24) is 0 Å². The number of hydrogen-bond acceptors (Lipinski definition) is 1. The summed E-state index contributed by atoms with van der Waals surface area (Å²) in [6, 6.07) is 7.56. The van der Waals surface area contributed by atoms with E-state index in [2.05, 4.69) is 24.3 Å². The van der Waals surface area contributed by atoms with Crippen LogP contribution in [0.3, 0.4) is 0 Å². The summed E-state index contributed by atoms with van der Waals surface area (Å²) < 4.78 is 0. The van der Waals surface area contributed by atoms with Gasteiger partial charge in [0, 0.05) is 0 Å². The Morgan fingerprint density at radius 1 is 1.21 bits per heavy atom. The van der Waals surface area contributed by atoms with E-state index >= 15 is 0 Å². The lowest BCUT2D eigenvalue weighted by molar-refractivity contribution is 0.463. The molecule has 72 valence electrons. The number of allylic oxidation sites excluding steroid dienone is 4. The van der Waals surface area contributed by atoms with Crippen LogP contribution in [0.25, 0.3) is 0 Å². The topological polar surface area (TPSA) is 20.2 Å². The Labute approximate surface area is 84.4 Å². The Hall–Kier alpha value is -1.50. The summed E-state index contributed by atoms with van der Waals surface area (Å²) in [6.45, 7) is 0. The molecule has 1 aromatic carbocycles. The van der Waals surface area contributed by atoms with Crippen LogP contribution in [0.2, 0.25) is 0 Å². The van der Waals surface area contributed by atoms with E-state index in [0.717, 1.165) is 18.4 Å². The molecule has 1 atom stereocenters. The van der Waals surface area contributed by atoms with E-state index in [0.29, 0.717) is 11.7 Å². The third-order valence-corrected chi connectivity index (χ3v) is 2.54. The van der Waals surface area contributed by atoms with Gasteiger partial charge in [-0.1, -0.05) is 42.5 Å². The zero-order chi connectivity index (χ0) is 9.80. The van der Waals surface area contributed by atoms with Gasteiger partial charge in [-0.3, -0.25) is 0 Å². The number of para-hydroxylation sites is 1. The zero-order valence-electron chi connectivity index (χ0n) is 8.06. The van der Waals surface area contributed by atoms with Gasteiger partial charge in [-0.2, -0.15) is 0 Å². The quantitative estimate of drug-likeness (QED) is 0.752. The summed E-state index contributed by atoms with van der Waals surface area (Å²) in [5.41, 5.74) is 1.04. The number of benzene rings is 1. The fourth-order valence-electron chi connectivity index (χ4n) is 1.75. The highest BCUT2D eigenvalue weighted by molar-refractivity contribution is 5.33. The minimum atomic E-state index is 0.412. The number of rotatable bonds is 2. The second-order valence-corrected chi connectivity index (χ2v) is 3.64. The molecule has 0 amide bonds. The maximum absolute atomic E-state index is 9.60. The Bertz CT molecular complexity index is 363. The maximum atomic E-state index is 9.60. The average Bonchev–Trinajstić information content (AvgIpc) is 2.23. The van der Waals surface area contributed by atoms with Gasteiger partial charge < -0.3 is 5.11 Å². The van der Waals surface area contributed by atoms with Crippen LogP contribution in [0, 0.1) is 5.92 Å². The third-order valence-electron chi connectivity index (χ3n) is 2.54. The average molecular weight is 186 g/mol. The molecule has 0 aromatic heterocycles. The summed E-state index contributed by atoms with van der Waals surface area (Å²) in [4.78, 5) is 0. The molecule has 2 rings (SSSR count). The predicted octanol–water partition coefficient (Wildman–Crippen LogP) is 3.07. The van der Waals surface area contributed by atoms with Crippen molar-refractivity contribution in [2.75, 3.05) is 0 Å². The highest BCUT2D eigenvalue weighted by atomic mass is 16.3. The van der Waals surface area contributed by atoms with E-state index in [1.807, 2.05) is 18.2 Å². The molecule has 0 radical (unpaired) electrons. The summed E-state index contributed by atoms with van der Waals surface area (Å²) in [6.07, 6.45) is 10.5. The Balaban J connectivity index is 2.07. The van der Waals surface area contributed by atoms with Gasteiger partial charge >= 0.3 is 0 Å². The van der Waals surface area contributed by atoms with Crippen LogP contribution in [0.4, 0.5) is 0 Å². The minimum absolute atomic E-state index is 0.412. The highest BCUT2D eigenvalue weighted by Gasteiger charge is 2.08. The molecule has 14 heavy (non-hydrogen) atoms. The lowest BCUT2D eigenvalue weighted by atomic mass is 9.93. The number of phenolic OH excluding ortho intramolecular Hbond substituents is 1. The molecule has 1 N–H and O–H groups in total. The van der Waals surface area contributed by atoms with Crippen LogP contribution in [0.15, 0.2) is 48.6 Å². The van der Waals surface area contributed by atoms with Crippen molar-refractivity contribution in [2.45, 2.75) is 12.8 Å². The van der Waals surface area contributed by atoms with Crippen LogP contribution in [0.5, 0.6) is 5.75 Å². The molecule has 0 heterocycles. The fourth-order valence-corrected chi connectivity index (χ4v) is 1.75. The van der Waals surface area contributed by atoms with Gasteiger partial charge in [-0.25, -0.2) is 0 Å². The van der Waals surface area contributed by atoms with E-state index < -0.39 is 0 Å². The minimum Gasteiger partial charge on any atom is -0.508 e. The first-order chi connectivity index (χ1) is 6.86. The van der Waals surface area contributed by atoms with Gasteiger partial charge in [-0.05, 0) is 30.4 Å². The van der Waals surface area contributed by atoms with Crippen molar-refractivity contribution in [1.29, 1.82) is 0 Å². The Kier molecular flexibility index (Phi) is 2.68. The second-order valence-electron chi connectivity index (χ2n) is 3.64. The normalized spacial score (nSPS) is 19.9. The van der Waals surface area contributed by atoms with Gasteiger partial charge in [0.25, 0.3) is 0 Å². The molecule has 1 aliphatic carbocycles. The summed E-state index contributed by atoms with van der Waals surface area (Å²) in [7, 11) is 0. The molecule has 0 spiro atoms. The predicted molar refractivity (Wildman–Crippen MR) is 58.2 cm³/mol. The molecule has 0 bridgehead atoms. The Morgan fingerprint density at radius 2 is 2.07 bits per heavy atom. The van der Waals surface area contributed by atoms with Crippen molar-refractivity contribution in [2.24, 2.45) is 5.92 Å². The van der Waals surface area contributed by atoms with Gasteiger partial charge in [-0.15, -0.1) is 0 Å². The van der Waals surface area contributed by atoms with Crippen molar-refractivity contribution >= 4 is 0 Å². The molecule has 1 nitrogen and oxygen atoms in total. The first kappa shape index (κ1) is 9.07. The fraction of sp³-hybridized carbons (Fsp3) is 0.231.